The standard InChI is InChI=1S/C11H16N4O3/c1-6(2)7-13-8(15-14-7)9(16)12-5-11(3-4-11)10(17)18/h6H,3-5H2,1-2H3,(H,12,16)(H,17,18)(H,13,14,15). The number of hydrogen-bond acceptors (Lipinski definition) is 4. The first kappa shape index (κ1) is 12.5. The van der Waals surface area contributed by atoms with Crippen molar-refractivity contribution < 1.29 is 14.7 Å². The van der Waals surface area contributed by atoms with Crippen molar-refractivity contribution in [3.8, 4) is 0 Å². The van der Waals surface area contributed by atoms with E-state index in [1.54, 1.807) is 0 Å². The number of carbonyl (C=O) groups excluding carboxylic acids is 1. The summed E-state index contributed by atoms with van der Waals surface area (Å²) in [4.78, 5) is 26.7. The Bertz CT molecular complexity index is 476. The molecule has 1 aromatic rings. The van der Waals surface area contributed by atoms with Gasteiger partial charge in [0.2, 0.25) is 5.82 Å². The van der Waals surface area contributed by atoms with Gasteiger partial charge in [-0.2, -0.15) is 0 Å². The first-order valence-electron chi connectivity index (χ1n) is 5.88. The average molecular weight is 252 g/mol. The van der Waals surface area contributed by atoms with Crippen molar-refractivity contribution in [1.82, 2.24) is 20.5 Å². The van der Waals surface area contributed by atoms with Crippen molar-refractivity contribution in [2.45, 2.75) is 32.6 Å². The summed E-state index contributed by atoms with van der Waals surface area (Å²) < 4.78 is 0. The van der Waals surface area contributed by atoms with Gasteiger partial charge in [0.1, 0.15) is 5.82 Å². The van der Waals surface area contributed by atoms with Crippen LogP contribution in [0.25, 0.3) is 0 Å². The van der Waals surface area contributed by atoms with Crippen LogP contribution in [0.2, 0.25) is 0 Å². The van der Waals surface area contributed by atoms with Gasteiger partial charge in [0.05, 0.1) is 5.41 Å². The highest BCUT2D eigenvalue weighted by Crippen LogP contribution is 2.45. The molecule has 3 N–H and O–H groups in total. The lowest BCUT2D eigenvalue weighted by Crippen LogP contribution is -2.34. The van der Waals surface area contributed by atoms with Crippen LogP contribution >= 0.6 is 0 Å². The second-order valence-electron chi connectivity index (χ2n) is 4.97. The molecule has 0 aliphatic heterocycles. The van der Waals surface area contributed by atoms with Crippen LogP contribution in [0.1, 0.15) is 49.1 Å². The Kier molecular flexibility index (Phi) is 3.06. The molecule has 7 nitrogen and oxygen atoms in total. The number of carbonyl (C=O) groups is 2. The smallest absolute Gasteiger partial charge is 0.311 e. The number of carboxylic acid groups (broad SMARTS) is 1. The van der Waals surface area contributed by atoms with Gasteiger partial charge in [-0.3, -0.25) is 14.7 Å². The molecule has 1 saturated carbocycles. The number of nitrogens with one attached hydrogen (secondary N) is 2. The van der Waals surface area contributed by atoms with Gasteiger partial charge in [-0.15, -0.1) is 5.10 Å². The number of rotatable bonds is 5. The Hall–Kier alpha value is -1.92. The topological polar surface area (TPSA) is 108 Å². The van der Waals surface area contributed by atoms with Crippen molar-refractivity contribution in [1.29, 1.82) is 0 Å². The van der Waals surface area contributed by atoms with Gasteiger partial charge >= 0.3 is 5.97 Å². The van der Waals surface area contributed by atoms with Gasteiger partial charge in [-0.25, -0.2) is 4.98 Å². The average Bonchev–Trinajstić information content (AvgIpc) is 2.94. The second-order valence-corrected chi connectivity index (χ2v) is 4.97. The van der Waals surface area contributed by atoms with Gasteiger partial charge in [0, 0.05) is 12.5 Å². The number of H-pyrrole nitrogens is 1. The lowest BCUT2D eigenvalue weighted by Gasteiger charge is -2.09. The fourth-order valence-corrected chi connectivity index (χ4v) is 1.58. The van der Waals surface area contributed by atoms with Crippen LogP contribution < -0.4 is 5.32 Å². The Morgan fingerprint density at radius 1 is 1.50 bits per heavy atom. The predicted octanol–water partition coefficient (Wildman–Crippen LogP) is 0.523. The zero-order valence-corrected chi connectivity index (χ0v) is 10.4. The first-order valence-corrected chi connectivity index (χ1v) is 5.88. The summed E-state index contributed by atoms with van der Waals surface area (Å²) in [5.74, 6) is -0.446. The molecule has 7 heteroatoms. The molecule has 0 saturated heterocycles. The minimum atomic E-state index is -0.861. The molecule has 0 spiro atoms. The molecule has 1 aliphatic carbocycles. The molecule has 0 unspecified atom stereocenters. The molecule has 1 fully saturated rings. The van der Waals surface area contributed by atoms with E-state index in [9.17, 15) is 9.59 Å². The van der Waals surface area contributed by atoms with E-state index in [4.69, 9.17) is 5.11 Å². The van der Waals surface area contributed by atoms with Crippen LogP contribution in [0, 0.1) is 5.41 Å². The molecule has 1 heterocycles. The van der Waals surface area contributed by atoms with E-state index in [0.717, 1.165) is 0 Å². The lowest BCUT2D eigenvalue weighted by molar-refractivity contribution is -0.143. The molecule has 0 aromatic carbocycles. The summed E-state index contributed by atoms with van der Waals surface area (Å²) in [7, 11) is 0. The van der Waals surface area contributed by atoms with Crippen LogP contribution in [0.3, 0.4) is 0 Å². The van der Waals surface area contributed by atoms with Crippen molar-refractivity contribution in [2.24, 2.45) is 5.41 Å². The zero-order valence-electron chi connectivity index (χ0n) is 10.4. The molecular formula is C11H16N4O3. The van der Waals surface area contributed by atoms with E-state index < -0.39 is 17.3 Å². The fourth-order valence-electron chi connectivity index (χ4n) is 1.58. The van der Waals surface area contributed by atoms with Crippen molar-refractivity contribution >= 4 is 11.9 Å². The predicted molar refractivity (Wildman–Crippen MR) is 62.1 cm³/mol. The molecule has 1 aromatic heterocycles. The van der Waals surface area contributed by atoms with Gasteiger partial charge in [-0.05, 0) is 12.8 Å². The zero-order chi connectivity index (χ0) is 13.3. The van der Waals surface area contributed by atoms with E-state index in [1.807, 2.05) is 13.8 Å². The van der Waals surface area contributed by atoms with E-state index >= 15 is 0 Å². The molecule has 2 rings (SSSR count). The number of carboxylic acids is 1. The van der Waals surface area contributed by atoms with E-state index in [-0.39, 0.29) is 18.3 Å². The molecule has 98 valence electrons. The lowest BCUT2D eigenvalue weighted by atomic mass is 10.1. The minimum absolute atomic E-state index is 0.0555. The maximum Gasteiger partial charge on any atom is 0.311 e. The number of amides is 1. The van der Waals surface area contributed by atoms with Crippen LogP contribution in [0.15, 0.2) is 0 Å². The van der Waals surface area contributed by atoms with Gasteiger partial charge in [0.25, 0.3) is 5.91 Å². The SMILES string of the molecule is CC(C)c1nc(C(=O)NCC2(C(=O)O)CC2)n[nH]1. The highest BCUT2D eigenvalue weighted by atomic mass is 16.4. The molecule has 0 atom stereocenters. The number of hydrogen-bond donors (Lipinski definition) is 3. The number of aromatic amines is 1. The number of nitrogens with zero attached hydrogens (tertiary/aromatic N) is 2. The van der Waals surface area contributed by atoms with Crippen molar-refractivity contribution in [2.75, 3.05) is 6.54 Å². The Morgan fingerprint density at radius 2 is 2.17 bits per heavy atom. The third-order valence-electron chi connectivity index (χ3n) is 3.15. The van der Waals surface area contributed by atoms with Crippen LogP contribution in [0.5, 0.6) is 0 Å². The highest BCUT2D eigenvalue weighted by Gasteiger charge is 2.50. The third-order valence-corrected chi connectivity index (χ3v) is 3.15. The Balaban J connectivity index is 1.94. The molecule has 0 radical (unpaired) electrons. The third kappa shape index (κ3) is 2.34. The van der Waals surface area contributed by atoms with E-state index in [0.29, 0.717) is 18.7 Å². The van der Waals surface area contributed by atoms with Gasteiger partial charge in [-0.1, -0.05) is 13.8 Å². The Morgan fingerprint density at radius 3 is 2.61 bits per heavy atom. The van der Waals surface area contributed by atoms with Crippen molar-refractivity contribution in [3.63, 3.8) is 0 Å². The molecule has 18 heavy (non-hydrogen) atoms. The highest BCUT2D eigenvalue weighted by molar-refractivity contribution is 5.91. The summed E-state index contributed by atoms with van der Waals surface area (Å²) >= 11 is 0. The van der Waals surface area contributed by atoms with Gasteiger partial charge < -0.3 is 10.4 Å². The fraction of sp³-hybridized carbons (Fsp3) is 0.636. The number of aliphatic carboxylic acids is 1. The monoisotopic (exact) mass is 252 g/mol. The first-order chi connectivity index (χ1) is 8.44. The number of aromatic nitrogens is 3. The summed E-state index contributed by atoms with van der Waals surface area (Å²) in [6.07, 6.45) is 1.21. The quantitative estimate of drug-likeness (QED) is 0.708. The van der Waals surface area contributed by atoms with E-state index in [1.165, 1.54) is 0 Å². The van der Waals surface area contributed by atoms with Gasteiger partial charge in [0.15, 0.2) is 0 Å². The van der Waals surface area contributed by atoms with Crippen LogP contribution in [-0.4, -0.2) is 38.7 Å². The maximum atomic E-state index is 11.7. The van der Waals surface area contributed by atoms with E-state index in [2.05, 4.69) is 20.5 Å². The van der Waals surface area contributed by atoms with Crippen LogP contribution in [0.4, 0.5) is 0 Å². The normalized spacial score (nSPS) is 16.6. The summed E-state index contributed by atoms with van der Waals surface area (Å²) in [5.41, 5.74) is -0.771. The molecule has 0 bridgehead atoms. The molecule has 1 amide bonds. The largest absolute Gasteiger partial charge is 0.481 e. The summed E-state index contributed by atoms with van der Waals surface area (Å²) in [5, 5.41) is 18.0. The summed E-state index contributed by atoms with van der Waals surface area (Å²) in [6, 6.07) is 0. The second kappa shape index (κ2) is 4.40. The van der Waals surface area contributed by atoms with Crippen molar-refractivity contribution in [3.05, 3.63) is 11.6 Å². The summed E-state index contributed by atoms with van der Waals surface area (Å²) in [6.45, 7) is 4.00. The van der Waals surface area contributed by atoms with Crippen LogP contribution in [-0.2, 0) is 4.79 Å². The molecular weight excluding hydrogens is 236 g/mol. The minimum Gasteiger partial charge on any atom is -0.481 e. The Labute approximate surface area is 104 Å². The maximum absolute atomic E-state index is 11.7. The molecule has 1 aliphatic rings.